The zero-order valence-corrected chi connectivity index (χ0v) is 20.7. The average Bonchev–Trinajstić information content (AvgIpc) is 3.42. The van der Waals surface area contributed by atoms with Crippen LogP contribution in [0, 0.1) is 0 Å². The molecule has 1 atom stereocenters. The molecule has 0 aromatic heterocycles. The van der Waals surface area contributed by atoms with E-state index in [0.717, 1.165) is 25.9 Å². The molecule has 1 saturated heterocycles. The van der Waals surface area contributed by atoms with Crippen LogP contribution >= 0.6 is 12.2 Å². The molecular formula is C28H29N3O4S. The van der Waals surface area contributed by atoms with Gasteiger partial charge in [-0.25, -0.2) is 0 Å². The van der Waals surface area contributed by atoms with Gasteiger partial charge in [0.15, 0.2) is 5.11 Å². The highest BCUT2D eigenvalue weighted by molar-refractivity contribution is 7.80. The minimum atomic E-state index is -0.339. The maximum absolute atomic E-state index is 12.6. The van der Waals surface area contributed by atoms with E-state index in [1.54, 1.807) is 48.5 Å². The molecule has 3 N–H and O–H groups in total. The number of rotatable bonds is 9. The van der Waals surface area contributed by atoms with Crippen LogP contribution in [0.5, 0.6) is 5.75 Å². The lowest BCUT2D eigenvalue weighted by atomic mass is 10.1. The van der Waals surface area contributed by atoms with E-state index in [1.165, 1.54) is 5.56 Å². The number of benzene rings is 3. The van der Waals surface area contributed by atoms with Gasteiger partial charge in [0.05, 0.1) is 12.7 Å². The van der Waals surface area contributed by atoms with Gasteiger partial charge in [-0.05, 0) is 73.1 Å². The summed E-state index contributed by atoms with van der Waals surface area (Å²) < 4.78 is 11.3. The molecule has 1 unspecified atom stereocenters. The van der Waals surface area contributed by atoms with Crippen LogP contribution in [0.2, 0.25) is 0 Å². The Morgan fingerprint density at radius 3 is 2.50 bits per heavy atom. The van der Waals surface area contributed by atoms with Crippen molar-refractivity contribution in [3.8, 4) is 5.75 Å². The number of anilines is 1. The van der Waals surface area contributed by atoms with Crippen LogP contribution in [-0.2, 0) is 11.2 Å². The van der Waals surface area contributed by atoms with Gasteiger partial charge >= 0.3 is 0 Å². The predicted molar refractivity (Wildman–Crippen MR) is 144 cm³/mol. The summed E-state index contributed by atoms with van der Waals surface area (Å²) >= 11 is 5.29. The van der Waals surface area contributed by atoms with Gasteiger partial charge in [0.1, 0.15) is 5.75 Å². The molecular weight excluding hydrogens is 474 g/mol. The first kappa shape index (κ1) is 25.3. The molecule has 3 aromatic carbocycles. The maximum atomic E-state index is 12.6. The van der Waals surface area contributed by atoms with E-state index in [0.29, 0.717) is 35.7 Å². The normalized spacial score (nSPS) is 14.6. The molecule has 0 aliphatic carbocycles. The fourth-order valence-corrected chi connectivity index (χ4v) is 4.03. The van der Waals surface area contributed by atoms with Crippen molar-refractivity contribution in [3.63, 3.8) is 0 Å². The highest BCUT2D eigenvalue weighted by Gasteiger charge is 2.17. The van der Waals surface area contributed by atoms with E-state index in [1.807, 2.05) is 18.2 Å². The molecule has 0 saturated carbocycles. The monoisotopic (exact) mass is 503 g/mol. The molecule has 3 aromatic rings. The zero-order chi connectivity index (χ0) is 25.2. The first-order valence-electron chi connectivity index (χ1n) is 12.0. The summed E-state index contributed by atoms with van der Waals surface area (Å²) in [5.74, 6) is 0.168. The molecule has 7 nitrogen and oxygen atoms in total. The quantitative estimate of drug-likeness (QED) is 0.377. The van der Waals surface area contributed by atoms with Gasteiger partial charge in [-0.15, -0.1) is 0 Å². The van der Waals surface area contributed by atoms with Gasteiger partial charge in [-0.3, -0.25) is 14.9 Å². The SMILES string of the molecule is O=C(NCC1CCCO1)c1cccc(NC(=S)NC(=O)c2ccc(OCCc3ccccc3)cc2)c1. The highest BCUT2D eigenvalue weighted by atomic mass is 32.1. The van der Waals surface area contributed by atoms with Gasteiger partial charge in [0.2, 0.25) is 0 Å². The van der Waals surface area contributed by atoms with Crippen molar-refractivity contribution in [1.29, 1.82) is 0 Å². The van der Waals surface area contributed by atoms with E-state index in [-0.39, 0.29) is 23.0 Å². The summed E-state index contributed by atoms with van der Waals surface area (Å²) in [5.41, 5.74) is 2.76. The molecule has 4 rings (SSSR count). The Balaban J connectivity index is 1.23. The van der Waals surface area contributed by atoms with Crippen molar-refractivity contribution in [1.82, 2.24) is 10.6 Å². The maximum Gasteiger partial charge on any atom is 0.257 e. The minimum Gasteiger partial charge on any atom is -0.493 e. The van der Waals surface area contributed by atoms with Gasteiger partial charge in [-0.2, -0.15) is 0 Å². The summed E-state index contributed by atoms with van der Waals surface area (Å²) in [7, 11) is 0. The lowest BCUT2D eigenvalue weighted by Crippen LogP contribution is -2.34. The molecule has 1 fully saturated rings. The molecule has 8 heteroatoms. The van der Waals surface area contributed by atoms with Crippen molar-refractivity contribution in [2.75, 3.05) is 25.1 Å². The van der Waals surface area contributed by atoms with Gasteiger partial charge in [0.25, 0.3) is 11.8 Å². The molecule has 186 valence electrons. The van der Waals surface area contributed by atoms with Crippen LogP contribution in [-0.4, -0.2) is 42.8 Å². The molecule has 1 aliphatic rings. The van der Waals surface area contributed by atoms with Crippen LogP contribution in [0.1, 0.15) is 39.1 Å². The largest absolute Gasteiger partial charge is 0.493 e. The zero-order valence-electron chi connectivity index (χ0n) is 19.9. The molecule has 2 amide bonds. The molecule has 0 bridgehead atoms. The van der Waals surface area contributed by atoms with Crippen molar-refractivity contribution >= 4 is 34.8 Å². The second-order valence-corrected chi connectivity index (χ2v) is 8.85. The Kier molecular flexibility index (Phi) is 9.02. The van der Waals surface area contributed by atoms with Crippen molar-refractivity contribution in [3.05, 3.63) is 95.6 Å². The van der Waals surface area contributed by atoms with Crippen molar-refractivity contribution in [2.24, 2.45) is 0 Å². The van der Waals surface area contributed by atoms with Gasteiger partial charge < -0.3 is 20.1 Å². The first-order valence-corrected chi connectivity index (χ1v) is 12.4. The average molecular weight is 504 g/mol. The Bertz CT molecular complexity index is 1180. The van der Waals surface area contributed by atoms with Crippen LogP contribution in [0.3, 0.4) is 0 Å². The van der Waals surface area contributed by atoms with Crippen LogP contribution < -0.4 is 20.7 Å². The number of carbonyl (C=O) groups is 2. The lowest BCUT2D eigenvalue weighted by Gasteiger charge is -2.13. The molecule has 1 heterocycles. The molecule has 0 radical (unpaired) electrons. The summed E-state index contributed by atoms with van der Waals surface area (Å²) in [6.45, 7) is 1.78. The number of thiocarbonyl (C=S) groups is 1. The fraction of sp³-hybridized carbons (Fsp3) is 0.250. The standard InChI is InChI=1S/C28H29N3O4S/c32-26(29-19-25-10-5-16-34-25)22-8-4-9-23(18-22)30-28(36)31-27(33)21-11-13-24(14-12-21)35-17-15-20-6-2-1-3-7-20/h1-4,6-9,11-14,18,25H,5,10,15-17,19H2,(H,29,32)(H2,30,31,33,36). The number of hydrogen-bond donors (Lipinski definition) is 3. The summed E-state index contributed by atoms with van der Waals surface area (Å²) in [6, 6.07) is 23.9. The first-order chi connectivity index (χ1) is 17.6. The summed E-state index contributed by atoms with van der Waals surface area (Å²) in [5, 5.41) is 8.66. The van der Waals surface area contributed by atoms with E-state index < -0.39 is 0 Å². The highest BCUT2D eigenvalue weighted by Crippen LogP contribution is 2.15. The van der Waals surface area contributed by atoms with E-state index in [9.17, 15) is 9.59 Å². The third-order valence-corrected chi connectivity index (χ3v) is 5.95. The minimum absolute atomic E-state index is 0.0768. The Morgan fingerprint density at radius 1 is 0.944 bits per heavy atom. The lowest BCUT2D eigenvalue weighted by molar-refractivity contribution is 0.0857. The number of ether oxygens (including phenoxy) is 2. The number of amides is 2. The van der Waals surface area contributed by atoms with E-state index in [2.05, 4.69) is 28.1 Å². The third kappa shape index (κ3) is 7.63. The molecule has 0 spiro atoms. The Labute approximate surface area is 216 Å². The van der Waals surface area contributed by atoms with Gasteiger partial charge in [0, 0.05) is 36.4 Å². The van der Waals surface area contributed by atoms with Crippen molar-refractivity contribution in [2.45, 2.75) is 25.4 Å². The number of nitrogens with one attached hydrogen (secondary N) is 3. The second-order valence-electron chi connectivity index (χ2n) is 8.44. The molecule has 36 heavy (non-hydrogen) atoms. The van der Waals surface area contributed by atoms with Gasteiger partial charge in [-0.1, -0.05) is 36.4 Å². The Morgan fingerprint density at radius 2 is 1.75 bits per heavy atom. The van der Waals surface area contributed by atoms with E-state index >= 15 is 0 Å². The van der Waals surface area contributed by atoms with Crippen LogP contribution in [0.4, 0.5) is 5.69 Å². The summed E-state index contributed by atoms with van der Waals surface area (Å²) in [6.07, 6.45) is 2.86. The van der Waals surface area contributed by atoms with Crippen LogP contribution in [0.25, 0.3) is 0 Å². The fourth-order valence-electron chi connectivity index (χ4n) is 3.82. The Hall–Kier alpha value is -3.75. The number of hydrogen-bond acceptors (Lipinski definition) is 5. The topological polar surface area (TPSA) is 88.7 Å². The summed E-state index contributed by atoms with van der Waals surface area (Å²) in [4.78, 5) is 25.0. The second kappa shape index (κ2) is 12.8. The van der Waals surface area contributed by atoms with E-state index in [4.69, 9.17) is 21.7 Å². The van der Waals surface area contributed by atoms with Crippen molar-refractivity contribution < 1.29 is 19.1 Å². The predicted octanol–water partition coefficient (Wildman–Crippen LogP) is 4.34. The van der Waals surface area contributed by atoms with Crippen LogP contribution in [0.15, 0.2) is 78.9 Å². The third-order valence-electron chi connectivity index (χ3n) is 5.74. The smallest absolute Gasteiger partial charge is 0.257 e. The molecule has 1 aliphatic heterocycles. The number of carbonyl (C=O) groups excluding carboxylic acids is 2.